The molecule has 0 atom stereocenters. The second kappa shape index (κ2) is 2.55. The Hall–Kier alpha value is -1.39. The molecule has 0 amide bonds. The van der Waals surface area contributed by atoms with E-state index in [4.69, 9.17) is 0 Å². The maximum atomic E-state index is 12.3. The molecule has 2 aromatic rings. The molecule has 0 aliphatic rings. The second-order valence-corrected chi connectivity index (χ2v) is 2.89. The van der Waals surface area contributed by atoms with Gasteiger partial charge >= 0.3 is 6.98 Å². The van der Waals surface area contributed by atoms with E-state index < -0.39 is 12.6 Å². The Balaban J connectivity index is 2.63. The average Bonchev–Trinajstić information content (AvgIpc) is 2.45. The van der Waals surface area contributed by atoms with Gasteiger partial charge in [0.2, 0.25) is 0 Å². The highest BCUT2D eigenvalue weighted by atomic mass is 19.4. The topological polar surface area (TPSA) is 15.8 Å². The first-order valence-corrected chi connectivity index (χ1v) is 3.85. The first kappa shape index (κ1) is 8.22. The summed E-state index contributed by atoms with van der Waals surface area (Å²) in [6, 6.07) is 7.82. The predicted octanol–water partition coefficient (Wildman–Crippen LogP) is 2.22. The average molecular weight is 184 g/mol. The molecular weight excluding hydrogens is 178 g/mol. The molecule has 1 aromatic heterocycles. The highest BCUT2D eigenvalue weighted by molar-refractivity contribution is 6.73. The lowest BCUT2D eigenvalue weighted by molar-refractivity contribution is 0.499. The summed E-state index contributed by atoms with van der Waals surface area (Å²) in [4.78, 5) is 2.34. The molecule has 0 unspecified atom stereocenters. The van der Waals surface area contributed by atoms with Crippen LogP contribution in [0, 0.1) is 0 Å². The Kier molecular flexibility index (Phi) is 1.61. The van der Waals surface area contributed by atoms with Crippen LogP contribution in [-0.4, -0.2) is 12.0 Å². The van der Waals surface area contributed by atoms with Gasteiger partial charge in [0.05, 0.1) is 0 Å². The third-order valence-electron chi connectivity index (χ3n) is 1.90. The normalized spacial score (nSPS) is 12.2. The number of fused-ring (bicyclic) bond motifs is 1. The number of para-hydroxylation sites is 1. The molecule has 0 fully saturated rings. The minimum atomic E-state index is -4.91. The first-order chi connectivity index (χ1) is 6.07. The summed E-state index contributed by atoms with van der Waals surface area (Å²) < 4.78 is 36.8. The van der Waals surface area contributed by atoms with Gasteiger partial charge in [-0.15, -0.1) is 0 Å². The third kappa shape index (κ3) is 1.41. The molecule has 1 N–H and O–H groups in total. The lowest BCUT2D eigenvalue weighted by atomic mass is 9.86. The van der Waals surface area contributed by atoms with E-state index in [1.165, 1.54) is 0 Å². The van der Waals surface area contributed by atoms with Gasteiger partial charge in [-0.2, -0.15) is 0 Å². The van der Waals surface area contributed by atoms with Crippen molar-refractivity contribution in [1.82, 2.24) is 4.98 Å². The number of aromatic nitrogens is 1. The highest BCUT2D eigenvalue weighted by Crippen LogP contribution is 2.14. The number of nitrogens with one attached hydrogen (secondary N) is 1. The summed E-state index contributed by atoms with van der Waals surface area (Å²) in [5, 5.41) is 0.594. The zero-order chi connectivity index (χ0) is 9.47. The number of hydrogen-bond acceptors (Lipinski definition) is 0. The Morgan fingerprint density at radius 3 is 2.38 bits per heavy atom. The lowest BCUT2D eigenvalue weighted by Crippen LogP contribution is -2.34. The largest absolute Gasteiger partial charge is 0.525 e. The summed E-state index contributed by atoms with van der Waals surface area (Å²) in [6.45, 7) is -4.91. The zero-order valence-corrected chi connectivity index (χ0v) is 6.60. The third-order valence-corrected chi connectivity index (χ3v) is 1.90. The van der Waals surface area contributed by atoms with Gasteiger partial charge in [-0.1, -0.05) is 24.3 Å². The number of H-pyrrole nitrogens is 1. The molecule has 2 rings (SSSR count). The van der Waals surface area contributed by atoms with Crippen molar-refractivity contribution in [3.63, 3.8) is 0 Å². The van der Waals surface area contributed by atoms with Crippen LogP contribution in [0.15, 0.2) is 30.3 Å². The molecular formula is C8H6BF3N-. The fourth-order valence-electron chi connectivity index (χ4n) is 1.27. The van der Waals surface area contributed by atoms with Gasteiger partial charge in [-0.3, -0.25) is 0 Å². The Morgan fingerprint density at radius 2 is 1.77 bits per heavy atom. The summed E-state index contributed by atoms with van der Waals surface area (Å²) in [7, 11) is 0. The van der Waals surface area contributed by atoms with Crippen LogP contribution in [0.5, 0.6) is 0 Å². The molecule has 0 aliphatic heterocycles. The predicted molar refractivity (Wildman–Crippen MR) is 47.0 cm³/mol. The minimum Gasteiger partial charge on any atom is -0.444 e. The fourth-order valence-corrected chi connectivity index (χ4v) is 1.27. The zero-order valence-electron chi connectivity index (χ0n) is 6.60. The molecule has 1 nitrogen and oxygen atoms in total. The summed E-state index contributed by atoms with van der Waals surface area (Å²) in [6.07, 6.45) is 0. The van der Waals surface area contributed by atoms with E-state index in [1.807, 2.05) is 0 Å². The molecule has 5 heteroatoms. The quantitative estimate of drug-likeness (QED) is 0.654. The molecule has 13 heavy (non-hydrogen) atoms. The molecule has 0 saturated heterocycles. The van der Waals surface area contributed by atoms with Crippen LogP contribution in [0.3, 0.4) is 0 Å². The molecule has 0 radical (unpaired) electrons. The second-order valence-electron chi connectivity index (χ2n) is 2.89. The van der Waals surface area contributed by atoms with Crippen LogP contribution in [0.1, 0.15) is 0 Å². The van der Waals surface area contributed by atoms with Crippen LogP contribution in [0.4, 0.5) is 12.9 Å². The molecule has 0 spiro atoms. The molecule has 0 saturated carbocycles. The van der Waals surface area contributed by atoms with E-state index in [0.717, 1.165) is 6.07 Å². The van der Waals surface area contributed by atoms with Crippen molar-refractivity contribution in [2.45, 2.75) is 0 Å². The number of halogens is 3. The standard InChI is InChI=1S/C8H6BF3N/c10-9(11,12)8-5-6-3-1-2-4-7(6)13-8/h1-5,13H/q-1. The smallest absolute Gasteiger partial charge is 0.444 e. The van der Waals surface area contributed by atoms with E-state index in [2.05, 4.69) is 4.98 Å². The minimum absolute atomic E-state index is 0.525. The van der Waals surface area contributed by atoms with Gasteiger partial charge in [-0.25, -0.2) is 0 Å². The van der Waals surface area contributed by atoms with Crippen LogP contribution >= 0.6 is 0 Å². The van der Waals surface area contributed by atoms with E-state index in [0.29, 0.717) is 10.9 Å². The van der Waals surface area contributed by atoms with Gasteiger partial charge in [0.1, 0.15) is 0 Å². The van der Waals surface area contributed by atoms with E-state index >= 15 is 0 Å². The Labute approximate surface area is 72.6 Å². The first-order valence-electron chi connectivity index (χ1n) is 3.85. The number of aromatic amines is 1. The van der Waals surface area contributed by atoms with Gasteiger partial charge < -0.3 is 17.9 Å². The van der Waals surface area contributed by atoms with Crippen molar-refractivity contribution in [2.24, 2.45) is 0 Å². The summed E-state index contributed by atoms with van der Waals surface area (Å²) >= 11 is 0. The lowest BCUT2D eigenvalue weighted by Gasteiger charge is -2.10. The van der Waals surface area contributed by atoms with Gasteiger partial charge in [0.15, 0.2) is 0 Å². The van der Waals surface area contributed by atoms with Gasteiger partial charge in [-0.05, 0) is 17.0 Å². The highest BCUT2D eigenvalue weighted by Gasteiger charge is 2.27. The van der Waals surface area contributed by atoms with Gasteiger partial charge in [0.25, 0.3) is 0 Å². The molecule has 1 aromatic carbocycles. The van der Waals surface area contributed by atoms with Crippen molar-refractivity contribution < 1.29 is 12.9 Å². The van der Waals surface area contributed by atoms with Crippen molar-refractivity contribution in [3.8, 4) is 0 Å². The molecule has 0 aliphatic carbocycles. The number of benzene rings is 1. The van der Waals surface area contributed by atoms with E-state index in [1.54, 1.807) is 24.3 Å². The molecule has 68 valence electrons. The van der Waals surface area contributed by atoms with Crippen molar-refractivity contribution in [1.29, 1.82) is 0 Å². The van der Waals surface area contributed by atoms with Crippen LogP contribution in [-0.2, 0) is 0 Å². The van der Waals surface area contributed by atoms with Crippen LogP contribution in [0.25, 0.3) is 10.9 Å². The fraction of sp³-hybridized carbons (Fsp3) is 0. The Bertz CT molecular complexity index is 399. The Morgan fingerprint density at radius 1 is 1.08 bits per heavy atom. The number of rotatable bonds is 1. The molecule has 0 bridgehead atoms. The number of hydrogen-bond donors (Lipinski definition) is 1. The maximum Gasteiger partial charge on any atom is 0.525 e. The summed E-state index contributed by atoms with van der Waals surface area (Å²) in [5.74, 6) is 0. The maximum absolute atomic E-state index is 12.3. The monoisotopic (exact) mass is 184 g/mol. The van der Waals surface area contributed by atoms with E-state index in [9.17, 15) is 12.9 Å². The summed E-state index contributed by atoms with van der Waals surface area (Å²) in [5.41, 5.74) is -0.113. The van der Waals surface area contributed by atoms with Crippen molar-refractivity contribution >= 4 is 23.5 Å². The van der Waals surface area contributed by atoms with Gasteiger partial charge in [0, 0.05) is 5.52 Å². The van der Waals surface area contributed by atoms with Crippen molar-refractivity contribution in [2.75, 3.05) is 0 Å². The SMILES string of the molecule is F[B-](F)(F)c1cc2ccccc2[nH]1. The van der Waals surface area contributed by atoms with E-state index in [-0.39, 0.29) is 0 Å². The molecule has 1 heterocycles. The van der Waals surface area contributed by atoms with Crippen LogP contribution < -0.4 is 5.59 Å². The van der Waals surface area contributed by atoms with Crippen molar-refractivity contribution in [3.05, 3.63) is 30.3 Å². The van der Waals surface area contributed by atoms with Crippen LogP contribution in [0.2, 0.25) is 0 Å².